The fourth-order valence-corrected chi connectivity index (χ4v) is 3.97. The second kappa shape index (κ2) is 3.82. The van der Waals surface area contributed by atoms with Gasteiger partial charge in [0, 0.05) is 8.95 Å². The molecule has 0 bridgehead atoms. The van der Waals surface area contributed by atoms with Crippen LogP contribution in [0, 0.1) is 0 Å². The molecule has 0 N–H and O–H groups in total. The summed E-state index contributed by atoms with van der Waals surface area (Å²) in [5.41, 5.74) is 2.95. The standard InChI is InChI=1S/C16H10Br2/c17-13-7-3-9-1-2-10-4-8-14(18)12-6-5-11(13)15(9)16(10)12/h3-8H,1-2H2. The summed E-state index contributed by atoms with van der Waals surface area (Å²) in [6, 6.07) is 13.3. The van der Waals surface area contributed by atoms with Crippen LogP contribution in [-0.2, 0) is 12.8 Å². The van der Waals surface area contributed by atoms with E-state index in [1.165, 1.54) is 41.6 Å². The summed E-state index contributed by atoms with van der Waals surface area (Å²) in [7, 11) is 0. The molecule has 0 radical (unpaired) electrons. The van der Waals surface area contributed by atoms with E-state index in [0.29, 0.717) is 0 Å². The Hall–Kier alpha value is -0.860. The lowest BCUT2D eigenvalue weighted by Crippen LogP contribution is -2.01. The molecule has 0 aromatic heterocycles. The highest BCUT2D eigenvalue weighted by molar-refractivity contribution is 9.11. The molecule has 3 aromatic rings. The van der Waals surface area contributed by atoms with Gasteiger partial charge in [0.2, 0.25) is 0 Å². The average molecular weight is 362 g/mol. The van der Waals surface area contributed by atoms with Gasteiger partial charge in [-0.3, -0.25) is 0 Å². The molecule has 0 saturated heterocycles. The lowest BCUT2D eigenvalue weighted by molar-refractivity contribution is 0.967. The van der Waals surface area contributed by atoms with E-state index < -0.39 is 0 Å². The molecule has 0 aliphatic heterocycles. The molecule has 0 heterocycles. The predicted octanol–water partition coefficient (Wildman–Crippen LogP) is 5.62. The van der Waals surface area contributed by atoms with Crippen molar-refractivity contribution in [3.8, 4) is 0 Å². The van der Waals surface area contributed by atoms with Crippen molar-refractivity contribution in [3.63, 3.8) is 0 Å². The summed E-state index contributed by atoms with van der Waals surface area (Å²) < 4.78 is 2.38. The maximum atomic E-state index is 3.67. The van der Waals surface area contributed by atoms with E-state index in [0.717, 1.165) is 12.8 Å². The van der Waals surface area contributed by atoms with Crippen LogP contribution in [0.15, 0.2) is 45.3 Å². The minimum Gasteiger partial charge on any atom is -0.0572 e. The van der Waals surface area contributed by atoms with Gasteiger partial charge >= 0.3 is 0 Å². The molecule has 0 unspecified atom stereocenters. The third-order valence-corrected chi connectivity index (χ3v) is 5.27. The van der Waals surface area contributed by atoms with Gasteiger partial charge in [-0.2, -0.15) is 0 Å². The maximum absolute atomic E-state index is 3.67. The van der Waals surface area contributed by atoms with Gasteiger partial charge in [-0.25, -0.2) is 0 Å². The van der Waals surface area contributed by atoms with Crippen molar-refractivity contribution in [3.05, 3.63) is 56.5 Å². The molecular weight excluding hydrogens is 352 g/mol. The Morgan fingerprint density at radius 2 is 1.06 bits per heavy atom. The van der Waals surface area contributed by atoms with Crippen LogP contribution in [0.4, 0.5) is 0 Å². The van der Waals surface area contributed by atoms with Crippen molar-refractivity contribution in [2.45, 2.75) is 12.8 Å². The van der Waals surface area contributed by atoms with Gasteiger partial charge in [-0.1, -0.05) is 56.1 Å². The number of rotatable bonds is 0. The number of benzene rings is 3. The molecule has 0 nitrogen and oxygen atoms in total. The van der Waals surface area contributed by atoms with Gasteiger partial charge in [-0.15, -0.1) is 0 Å². The Bertz CT molecular complexity index is 734. The van der Waals surface area contributed by atoms with E-state index >= 15 is 0 Å². The quantitative estimate of drug-likeness (QED) is 0.456. The molecule has 4 rings (SSSR count). The van der Waals surface area contributed by atoms with Crippen molar-refractivity contribution in [1.82, 2.24) is 0 Å². The first-order valence-corrected chi connectivity index (χ1v) is 7.65. The largest absolute Gasteiger partial charge is 0.0572 e. The molecule has 0 fully saturated rings. The molecule has 1 aliphatic rings. The molecule has 2 heteroatoms. The van der Waals surface area contributed by atoms with Crippen LogP contribution in [0.3, 0.4) is 0 Å². The van der Waals surface area contributed by atoms with E-state index in [2.05, 4.69) is 68.3 Å². The Labute approximate surface area is 122 Å². The highest BCUT2D eigenvalue weighted by Gasteiger charge is 2.17. The van der Waals surface area contributed by atoms with Crippen LogP contribution in [0.1, 0.15) is 11.1 Å². The molecular formula is C16H10Br2. The Balaban J connectivity index is 2.39. The number of halogens is 2. The molecule has 88 valence electrons. The van der Waals surface area contributed by atoms with Gasteiger partial charge in [0.25, 0.3) is 0 Å². The van der Waals surface area contributed by atoms with Crippen molar-refractivity contribution in [1.29, 1.82) is 0 Å². The zero-order chi connectivity index (χ0) is 12.3. The van der Waals surface area contributed by atoms with Crippen LogP contribution in [0.2, 0.25) is 0 Å². The first kappa shape index (κ1) is 11.0. The zero-order valence-electron chi connectivity index (χ0n) is 9.63. The first-order chi connectivity index (χ1) is 8.75. The smallest absolute Gasteiger partial charge is 0.0254 e. The molecule has 0 spiro atoms. The van der Waals surface area contributed by atoms with Crippen LogP contribution in [0.25, 0.3) is 21.5 Å². The summed E-state index contributed by atoms with van der Waals surface area (Å²) in [4.78, 5) is 0. The maximum Gasteiger partial charge on any atom is 0.0254 e. The summed E-state index contributed by atoms with van der Waals surface area (Å²) in [5, 5.41) is 5.53. The van der Waals surface area contributed by atoms with Gasteiger partial charge < -0.3 is 0 Å². The lowest BCUT2D eigenvalue weighted by Gasteiger charge is -2.19. The highest BCUT2D eigenvalue weighted by atomic mass is 79.9. The minimum absolute atomic E-state index is 1.15. The van der Waals surface area contributed by atoms with Gasteiger partial charge in [-0.05, 0) is 57.6 Å². The highest BCUT2D eigenvalue weighted by Crippen LogP contribution is 2.40. The van der Waals surface area contributed by atoms with Crippen molar-refractivity contribution in [2.75, 3.05) is 0 Å². The monoisotopic (exact) mass is 360 g/mol. The first-order valence-electron chi connectivity index (χ1n) is 6.07. The number of hydrogen-bond donors (Lipinski definition) is 0. The number of hydrogen-bond acceptors (Lipinski definition) is 0. The second-order valence-electron chi connectivity index (χ2n) is 4.82. The summed E-state index contributed by atoms with van der Waals surface area (Å²) in [6.45, 7) is 0. The summed E-state index contributed by atoms with van der Waals surface area (Å²) in [6.07, 6.45) is 2.30. The molecule has 18 heavy (non-hydrogen) atoms. The minimum atomic E-state index is 1.15. The Kier molecular flexibility index (Phi) is 2.33. The number of aryl methyl sites for hydroxylation is 2. The summed E-state index contributed by atoms with van der Waals surface area (Å²) in [5.74, 6) is 0. The zero-order valence-corrected chi connectivity index (χ0v) is 12.8. The molecule has 0 saturated carbocycles. The Morgan fingerprint density at radius 3 is 1.50 bits per heavy atom. The van der Waals surface area contributed by atoms with Crippen molar-refractivity contribution >= 4 is 53.4 Å². The third kappa shape index (κ3) is 1.36. The van der Waals surface area contributed by atoms with E-state index in [9.17, 15) is 0 Å². The van der Waals surface area contributed by atoms with Gasteiger partial charge in [0.05, 0.1) is 0 Å². The van der Waals surface area contributed by atoms with E-state index in [1.54, 1.807) is 0 Å². The SMILES string of the molecule is Brc1ccc2c3c1ccc1c(Br)ccc(c13)CC2. The Morgan fingerprint density at radius 1 is 0.611 bits per heavy atom. The second-order valence-corrected chi connectivity index (χ2v) is 6.53. The van der Waals surface area contributed by atoms with E-state index in [1.807, 2.05) is 0 Å². The van der Waals surface area contributed by atoms with E-state index in [4.69, 9.17) is 0 Å². The van der Waals surface area contributed by atoms with Crippen LogP contribution < -0.4 is 0 Å². The predicted molar refractivity (Wildman–Crippen MR) is 84.3 cm³/mol. The molecule has 0 atom stereocenters. The topological polar surface area (TPSA) is 0 Å². The third-order valence-electron chi connectivity index (χ3n) is 3.89. The normalized spacial score (nSPS) is 13.7. The molecule has 0 amide bonds. The van der Waals surface area contributed by atoms with Crippen molar-refractivity contribution < 1.29 is 0 Å². The van der Waals surface area contributed by atoms with Crippen LogP contribution in [-0.4, -0.2) is 0 Å². The lowest BCUT2D eigenvalue weighted by atomic mass is 9.86. The van der Waals surface area contributed by atoms with E-state index in [-0.39, 0.29) is 0 Å². The summed E-state index contributed by atoms with van der Waals surface area (Å²) >= 11 is 7.34. The molecule has 1 aliphatic carbocycles. The van der Waals surface area contributed by atoms with Crippen LogP contribution >= 0.6 is 31.9 Å². The fraction of sp³-hybridized carbons (Fsp3) is 0.125. The van der Waals surface area contributed by atoms with Crippen molar-refractivity contribution in [2.24, 2.45) is 0 Å². The van der Waals surface area contributed by atoms with Gasteiger partial charge in [0.1, 0.15) is 0 Å². The average Bonchev–Trinajstić information content (AvgIpc) is 2.40. The molecule has 3 aromatic carbocycles. The van der Waals surface area contributed by atoms with Gasteiger partial charge in [0.15, 0.2) is 0 Å². The fourth-order valence-electron chi connectivity index (χ4n) is 3.05. The van der Waals surface area contributed by atoms with Crippen LogP contribution in [0.5, 0.6) is 0 Å².